The third-order valence-electron chi connectivity index (χ3n) is 5.72. The molecule has 3 fully saturated rings. The maximum absolute atomic E-state index is 12.6. The van der Waals surface area contributed by atoms with Gasteiger partial charge in [0.25, 0.3) is 5.91 Å². The average Bonchev–Trinajstić information content (AvgIpc) is 3.48. The van der Waals surface area contributed by atoms with Crippen molar-refractivity contribution in [2.75, 3.05) is 32.7 Å². The molecule has 29 heavy (non-hydrogen) atoms. The summed E-state index contributed by atoms with van der Waals surface area (Å²) in [5.41, 5.74) is 0. The lowest BCUT2D eigenvalue weighted by Crippen LogP contribution is -2.53. The Hall–Kier alpha value is -2.75. The highest BCUT2D eigenvalue weighted by Gasteiger charge is 2.49. The number of rotatable bonds is 4. The van der Waals surface area contributed by atoms with Crippen molar-refractivity contribution in [2.24, 2.45) is 0 Å². The van der Waals surface area contributed by atoms with Gasteiger partial charge in [-0.2, -0.15) is 0 Å². The van der Waals surface area contributed by atoms with Crippen LogP contribution in [0.5, 0.6) is 0 Å². The van der Waals surface area contributed by atoms with E-state index in [1.54, 1.807) is 11.0 Å². The molecule has 154 valence electrons. The molecule has 6 amide bonds. The summed E-state index contributed by atoms with van der Waals surface area (Å²) in [6.07, 6.45) is 3.24. The van der Waals surface area contributed by atoms with Crippen LogP contribution in [0, 0.1) is 0 Å². The van der Waals surface area contributed by atoms with Crippen molar-refractivity contribution in [3.05, 3.63) is 22.4 Å². The van der Waals surface area contributed by atoms with E-state index in [4.69, 9.17) is 0 Å². The molecule has 0 atom stereocenters. The molecule has 1 aromatic heterocycles. The lowest BCUT2D eigenvalue weighted by atomic mass is 10.2. The van der Waals surface area contributed by atoms with Gasteiger partial charge in [0.15, 0.2) is 0 Å². The standard InChI is InChI=1S/C19H22N4O5S/c24-15(20-7-9-21(10-8-20)16(25)14-6-3-11-29-14)12-22-17(26)18(27)23(19(22)28)13-4-1-2-5-13/h3,6,11,13H,1-2,4-5,7-10,12H2. The number of urea groups is 1. The van der Waals surface area contributed by atoms with E-state index in [1.165, 1.54) is 16.2 Å². The molecule has 2 saturated heterocycles. The van der Waals surface area contributed by atoms with Crippen LogP contribution in [0.15, 0.2) is 17.5 Å². The van der Waals surface area contributed by atoms with E-state index in [9.17, 15) is 24.0 Å². The fourth-order valence-corrected chi connectivity index (χ4v) is 4.79. The number of carbonyl (C=O) groups is 5. The first-order chi connectivity index (χ1) is 14.0. The molecule has 9 nitrogen and oxygen atoms in total. The summed E-state index contributed by atoms with van der Waals surface area (Å²) in [4.78, 5) is 67.8. The zero-order valence-corrected chi connectivity index (χ0v) is 16.7. The van der Waals surface area contributed by atoms with E-state index in [-0.39, 0.29) is 11.9 Å². The third-order valence-corrected chi connectivity index (χ3v) is 6.58. The number of nitrogens with zero attached hydrogens (tertiary/aromatic N) is 4. The number of carbonyl (C=O) groups excluding carboxylic acids is 5. The van der Waals surface area contributed by atoms with E-state index in [0.29, 0.717) is 43.9 Å². The van der Waals surface area contributed by atoms with Gasteiger partial charge < -0.3 is 9.80 Å². The van der Waals surface area contributed by atoms with Crippen LogP contribution in [0.2, 0.25) is 0 Å². The number of imide groups is 2. The number of hydrogen-bond acceptors (Lipinski definition) is 6. The number of amides is 6. The van der Waals surface area contributed by atoms with E-state index < -0.39 is 30.3 Å². The topological polar surface area (TPSA) is 98.3 Å². The molecule has 0 bridgehead atoms. The molecule has 4 rings (SSSR count). The number of piperazine rings is 1. The Balaban J connectivity index is 1.34. The van der Waals surface area contributed by atoms with Crippen molar-refractivity contribution < 1.29 is 24.0 Å². The first-order valence-electron chi connectivity index (χ1n) is 9.77. The zero-order chi connectivity index (χ0) is 20.5. The number of thiophene rings is 1. The van der Waals surface area contributed by atoms with Crippen LogP contribution in [0.25, 0.3) is 0 Å². The SMILES string of the molecule is O=C(CN1C(=O)C(=O)N(C2CCCC2)C1=O)N1CCN(C(=O)c2cccs2)CC1. The predicted octanol–water partition coefficient (Wildman–Crippen LogP) is 0.766. The smallest absolute Gasteiger partial charge is 0.334 e. The van der Waals surface area contributed by atoms with Crippen LogP contribution in [0.3, 0.4) is 0 Å². The molecule has 1 saturated carbocycles. The summed E-state index contributed by atoms with van der Waals surface area (Å²) < 4.78 is 0. The first kappa shape index (κ1) is 19.6. The normalized spacial score (nSPS) is 20.9. The highest BCUT2D eigenvalue weighted by atomic mass is 32.1. The van der Waals surface area contributed by atoms with Gasteiger partial charge in [-0.25, -0.2) is 9.69 Å². The van der Waals surface area contributed by atoms with Gasteiger partial charge in [-0.15, -0.1) is 11.3 Å². The maximum atomic E-state index is 12.6. The summed E-state index contributed by atoms with van der Waals surface area (Å²) in [7, 11) is 0. The van der Waals surface area contributed by atoms with Gasteiger partial charge in [-0.1, -0.05) is 18.9 Å². The molecule has 10 heteroatoms. The molecule has 0 aromatic carbocycles. The van der Waals surface area contributed by atoms with E-state index in [1.807, 2.05) is 11.4 Å². The fourth-order valence-electron chi connectivity index (χ4n) is 4.10. The second-order valence-corrected chi connectivity index (χ2v) is 8.39. The molecule has 3 heterocycles. The summed E-state index contributed by atoms with van der Waals surface area (Å²) in [6.45, 7) is 0.986. The first-order valence-corrected chi connectivity index (χ1v) is 10.6. The minimum absolute atomic E-state index is 0.0604. The molecular formula is C19H22N4O5S. The van der Waals surface area contributed by atoms with Crippen molar-refractivity contribution in [1.29, 1.82) is 0 Å². The minimum atomic E-state index is -0.929. The lowest BCUT2D eigenvalue weighted by molar-refractivity contribution is -0.145. The molecular weight excluding hydrogens is 396 g/mol. The molecule has 0 radical (unpaired) electrons. The van der Waals surface area contributed by atoms with Crippen LogP contribution < -0.4 is 0 Å². The van der Waals surface area contributed by atoms with Crippen molar-refractivity contribution >= 4 is 41.0 Å². The monoisotopic (exact) mass is 418 g/mol. The average molecular weight is 418 g/mol. The number of hydrogen-bond donors (Lipinski definition) is 0. The van der Waals surface area contributed by atoms with E-state index >= 15 is 0 Å². The minimum Gasteiger partial charge on any atom is -0.338 e. The Morgan fingerprint density at radius 1 is 0.966 bits per heavy atom. The highest BCUT2D eigenvalue weighted by Crippen LogP contribution is 2.27. The Labute approximate surface area is 171 Å². The van der Waals surface area contributed by atoms with Gasteiger partial charge in [0.2, 0.25) is 5.91 Å². The zero-order valence-electron chi connectivity index (χ0n) is 15.9. The van der Waals surface area contributed by atoms with E-state index in [0.717, 1.165) is 22.6 Å². The molecule has 0 unspecified atom stereocenters. The lowest BCUT2D eigenvalue weighted by Gasteiger charge is -2.35. The van der Waals surface area contributed by atoms with Gasteiger partial charge in [0, 0.05) is 32.2 Å². The molecule has 3 aliphatic rings. The van der Waals surface area contributed by atoms with Crippen molar-refractivity contribution in [3.63, 3.8) is 0 Å². The molecule has 2 aliphatic heterocycles. The second kappa shape index (κ2) is 7.94. The van der Waals surface area contributed by atoms with E-state index in [2.05, 4.69) is 0 Å². The maximum Gasteiger partial charge on any atom is 0.334 e. The van der Waals surface area contributed by atoms with Gasteiger partial charge in [-0.3, -0.25) is 24.1 Å². The van der Waals surface area contributed by atoms with Crippen LogP contribution in [-0.4, -0.2) is 88.0 Å². The quantitative estimate of drug-likeness (QED) is 0.531. The van der Waals surface area contributed by atoms with Crippen LogP contribution in [0.4, 0.5) is 4.79 Å². The Morgan fingerprint density at radius 2 is 1.62 bits per heavy atom. The Morgan fingerprint density at radius 3 is 2.24 bits per heavy atom. The van der Waals surface area contributed by atoms with Crippen molar-refractivity contribution in [1.82, 2.24) is 19.6 Å². The van der Waals surface area contributed by atoms with Gasteiger partial charge in [0.05, 0.1) is 4.88 Å². The summed E-state index contributed by atoms with van der Waals surface area (Å²) in [5, 5.41) is 1.84. The summed E-state index contributed by atoms with van der Waals surface area (Å²) in [5.74, 6) is -2.21. The van der Waals surface area contributed by atoms with Crippen molar-refractivity contribution in [3.8, 4) is 0 Å². The molecule has 0 N–H and O–H groups in total. The molecule has 1 aliphatic carbocycles. The fraction of sp³-hybridized carbons (Fsp3) is 0.526. The van der Waals surface area contributed by atoms with Gasteiger partial charge in [-0.05, 0) is 24.3 Å². The molecule has 0 spiro atoms. The Kier molecular flexibility index (Phi) is 5.35. The van der Waals surface area contributed by atoms with Crippen LogP contribution in [-0.2, 0) is 14.4 Å². The third kappa shape index (κ3) is 3.64. The van der Waals surface area contributed by atoms with Crippen LogP contribution in [0.1, 0.15) is 35.4 Å². The Bertz CT molecular complexity index is 841. The second-order valence-electron chi connectivity index (χ2n) is 7.44. The largest absolute Gasteiger partial charge is 0.338 e. The summed E-state index contributed by atoms with van der Waals surface area (Å²) in [6, 6.07) is 2.65. The molecule has 1 aromatic rings. The van der Waals surface area contributed by atoms with Crippen molar-refractivity contribution in [2.45, 2.75) is 31.7 Å². The van der Waals surface area contributed by atoms with Crippen LogP contribution >= 0.6 is 11.3 Å². The van der Waals surface area contributed by atoms with Gasteiger partial charge >= 0.3 is 17.8 Å². The summed E-state index contributed by atoms with van der Waals surface area (Å²) >= 11 is 1.37. The predicted molar refractivity (Wildman–Crippen MR) is 103 cm³/mol. The van der Waals surface area contributed by atoms with Gasteiger partial charge in [0.1, 0.15) is 6.54 Å². The highest BCUT2D eigenvalue weighted by molar-refractivity contribution is 7.12.